The highest BCUT2D eigenvalue weighted by Gasteiger charge is 2.16. The van der Waals surface area contributed by atoms with Gasteiger partial charge >= 0.3 is 0 Å². The van der Waals surface area contributed by atoms with Crippen LogP contribution in [0.15, 0.2) is 24.9 Å². The molecule has 0 aromatic carbocycles. The Morgan fingerprint density at radius 3 is 3.18 bits per heavy atom. The third-order valence-corrected chi connectivity index (χ3v) is 1.88. The Morgan fingerprint density at radius 1 is 1.91 bits per heavy atom. The molecule has 0 saturated carbocycles. The van der Waals surface area contributed by atoms with E-state index >= 15 is 0 Å². The summed E-state index contributed by atoms with van der Waals surface area (Å²) in [6.45, 7) is 3.64. The fourth-order valence-corrected chi connectivity index (χ4v) is 1.15. The van der Waals surface area contributed by atoms with Gasteiger partial charge in [-0.25, -0.2) is 0 Å². The number of rotatable bonds is 2. The second-order valence-corrected chi connectivity index (χ2v) is 2.83. The molecule has 1 rings (SSSR count). The zero-order valence-corrected chi connectivity index (χ0v) is 6.79. The molecule has 2 heteroatoms. The number of carbonyl (C=O) groups is 1. The highest BCUT2D eigenvalue weighted by molar-refractivity contribution is 5.78. The molecule has 0 radical (unpaired) electrons. The Bertz CT molecular complexity index is 196. The Labute approximate surface area is 67.2 Å². The lowest BCUT2D eigenvalue weighted by molar-refractivity contribution is -0.128. The minimum atomic E-state index is 0.194. The van der Waals surface area contributed by atoms with Gasteiger partial charge in [-0.1, -0.05) is 12.2 Å². The average Bonchev–Trinajstić information content (AvgIpc) is 1.98. The highest BCUT2D eigenvalue weighted by atomic mass is 16.2. The summed E-state index contributed by atoms with van der Waals surface area (Å²) in [5.41, 5.74) is 0. The minimum Gasteiger partial charge on any atom is -0.322 e. The van der Waals surface area contributed by atoms with E-state index < -0.39 is 0 Å². The first-order valence-corrected chi connectivity index (χ1v) is 3.79. The molecule has 1 aliphatic heterocycles. The lowest BCUT2D eigenvalue weighted by Gasteiger charge is -2.21. The Hall–Kier alpha value is -1.05. The third kappa shape index (κ3) is 1.93. The van der Waals surface area contributed by atoms with Gasteiger partial charge in [0.25, 0.3) is 0 Å². The molecule has 1 aliphatic rings. The van der Waals surface area contributed by atoms with Crippen LogP contribution in [0.2, 0.25) is 0 Å². The zero-order valence-electron chi connectivity index (χ0n) is 6.79. The van der Waals surface area contributed by atoms with Crippen molar-refractivity contribution in [1.29, 1.82) is 0 Å². The SMILES string of the molecule is C=CCC1C=CN(C)C(=O)C1. The van der Waals surface area contributed by atoms with Gasteiger partial charge in [-0.3, -0.25) is 4.79 Å². The van der Waals surface area contributed by atoms with Gasteiger partial charge in [-0.15, -0.1) is 6.58 Å². The van der Waals surface area contributed by atoms with Crippen LogP contribution in [0.5, 0.6) is 0 Å². The molecule has 0 N–H and O–H groups in total. The Morgan fingerprint density at radius 2 is 2.64 bits per heavy atom. The average molecular weight is 151 g/mol. The molecule has 0 fully saturated rings. The molecule has 0 bridgehead atoms. The molecular weight excluding hydrogens is 138 g/mol. The van der Waals surface area contributed by atoms with Crippen LogP contribution >= 0.6 is 0 Å². The third-order valence-electron chi connectivity index (χ3n) is 1.88. The van der Waals surface area contributed by atoms with E-state index in [0.717, 1.165) is 6.42 Å². The van der Waals surface area contributed by atoms with E-state index in [1.807, 2.05) is 12.3 Å². The van der Waals surface area contributed by atoms with Gasteiger partial charge in [0.05, 0.1) is 0 Å². The van der Waals surface area contributed by atoms with Crippen LogP contribution in [0.3, 0.4) is 0 Å². The van der Waals surface area contributed by atoms with E-state index in [1.54, 1.807) is 11.9 Å². The van der Waals surface area contributed by atoms with E-state index in [-0.39, 0.29) is 5.91 Å². The van der Waals surface area contributed by atoms with Crippen LogP contribution in [0.25, 0.3) is 0 Å². The van der Waals surface area contributed by atoms with Crippen LogP contribution in [-0.2, 0) is 4.79 Å². The van der Waals surface area contributed by atoms with Crippen molar-refractivity contribution in [2.75, 3.05) is 7.05 Å². The van der Waals surface area contributed by atoms with Crippen molar-refractivity contribution >= 4 is 5.91 Å². The van der Waals surface area contributed by atoms with Gasteiger partial charge < -0.3 is 4.90 Å². The maximum absolute atomic E-state index is 11.1. The number of hydrogen-bond donors (Lipinski definition) is 0. The summed E-state index contributed by atoms with van der Waals surface area (Å²) in [7, 11) is 1.78. The first-order chi connectivity index (χ1) is 5.24. The largest absolute Gasteiger partial charge is 0.322 e. The summed E-state index contributed by atoms with van der Waals surface area (Å²) in [6, 6.07) is 0. The van der Waals surface area contributed by atoms with E-state index in [9.17, 15) is 4.79 Å². The molecule has 1 heterocycles. The van der Waals surface area contributed by atoms with Crippen molar-refractivity contribution in [2.45, 2.75) is 12.8 Å². The number of allylic oxidation sites excluding steroid dienone is 2. The molecule has 0 aliphatic carbocycles. The maximum atomic E-state index is 11.1. The summed E-state index contributed by atoms with van der Waals surface area (Å²) in [5, 5.41) is 0. The van der Waals surface area contributed by atoms with E-state index in [2.05, 4.69) is 12.7 Å². The van der Waals surface area contributed by atoms with Crippen molar-refractivity contribution in [1.82, 2.24) is 4.90 Å². The first kappa shape index (κ1) is 8.05. The normalized spacial score (nSPS) is 23.9. The highest BCUT2D eigenvalue weighted by Crippen LogP contribution is 2.17. The molecule has 0 spiro atoms. The van der Waals surface area contributed by atoms with Crippen LogP contribution < -0.4 is 0 Å². The Kier molecular flexibility index (Phi) is 2.47. The summed E-state index contributed by atoms with van der Waals surface area (Å²) in [5.74, 6) is 0.565. The number of carbonyl (C=O) groups excluding carboxylic acids is 1. The quantitative estimate of drug-likeness (QED) is 0.548. The molecule has 0 saturated heterocycles. The standard InChI is InChI=1S/C9H13NO/c1-3-4-8-5-6-10(2)9(11)7-8/h3,5-6,8H,1,4,7H2,2H3. The number of hydrogen-bond acceptors (Lipinski definition) is 1. The minimum absolute atomic E-state index is 0.194. The van der Waals surface area contributed by atoms with Crippen molar-refractivity contribution in [2.24, 2.45) is 5.92 Å². The molecule has 1 unspecified atom stereocenters. The fraction of sp³-hybridized carbons (Fsp3) is 0.444. The van der Waals surface area contributed by atoms with Crippen molar-refractivity contribution in [3.05, 3.63) is 24.9 Å². The predicted octanol–water partition coefficient (Wildman–Crippen LogP) is 1.55. The molecule has 0 aromatic heterocycles. The van der Waals surface area contributed by atoms with E-state index in [1.165, 1.54) is 0 Å². The van der Waals surface area contributed by atoms with Crippen molar-refractivity contribution in [3.8, 4) is 0 Å². The van der Waals surface area contributed by atoms with E-state index in [0.29, 0.717) is 12.3 Å². The number of amides is 1. The van der Waals surface area contributed by atoms with Gasteiger partial charge in [0.1, 0.15) is 0 Å². The van der Waals surface area contributed by atoms with Gasteiger partial charge in [-0.2, -0.15) is 0 Å². The molecular formula is C9H13NO. The van der Waals surface area contributed by atoms with Gasteiger partial charge in [0.2, 0.25) is 5.91 Å². The van der Waals surface area contributed by atoms with Crippen LogP contribution in [0.1, 0.15) is 12.8 Å². The number of nitrogens with zero attached hydrogens (tertiary/aromatic N) is 1. The predicted molar refractivity (Wildman–Crippen MR) is 44.8 cm³/mol. The maximum Gasteiger partial charge on any atom is 0.226 e. The summed E-state index contributed by atoms with van der Waals surface area (Å²) < 4.78 is 0. The van der Waals surface area contributed by atoms with Crippen LogP contribution in [0, 0.1) is 5.92 Å². The molecule has 11 heavy (non-hydrogen) atoms. The lowest BCUT2D eigenvalue weighted by atomic mass is 9.98. The van der Waals surface area contributed by atoms with Gasteiger partial charge in [0, 0.05) is 19.7 Å². The fourth-order valence-electron chi connectivity index (χ4n) is 1.15. The summed E-state index contributed by atoms with van der Waals surface area (Å²) in [6.07, 6.45) is 7.27. The van der Waals surface area contributed by atoms with Gasteiger partial charge in [-0.05, 0) is 12.3 Å². The molecule has 0 aromatic rings. The topological polar surface area (TPSA) is 20.3 Å². The molecule has 1 amide bonds. The smallest absolute Gasteiger partial charge is 0.226 e. The lowest BCUT2D eigenvalue weighted by Crippen LogP contribution is -2.26. The van der Waals surface area contributed by atoms with Crippen molar-refractivity contribution in [3.63, 3.8) is 0 Å². The molecule has 60 valence electrons. The van der Waals surface area contributed by atoms with Crippen molar-refractivity contribution < 1.29 is 4.79 Å². The molecule has 1 atom stereocenters. The first-order valence-electron chi connectivity index (χ1n) is 3.79. The van der Waals surface area contributed by atoms with E-state index in [4.69, 9.17) is 0 Å². The second-order valence-electron chi connectivity index (χ2n) is 2.83. The second kappa shape index (κ2) is 3.37. The summed E-state index contributed by atoms with van der Waals surface area (Å²) >= 11 is 0. The van der Waals surface area contributed by atoms with Crippen LogP contribution in [0.4, 0.5) is 0 Å². The molecule has 2 nitrogen and oxygen atoms in total. The zero-order chi connectivity index (χ0) is 8.27. The van der Waals surface area contributed by atoms with Crippen LogP contribution in [-0.4, -0.2) is 17.9 Å². The monoisotopic (exact) mass is 151 g/mol. The summed E-state index contributed by atoms with van der Waals surface area (Å²) in [4.78, 5) is 12.7. The van der Waals surface area contributed by atoms with Gasteiger partial charge in [0.15, 0.2) is 0 Å². The Balaban J connectivity index is 2.56.